The number of fused-ring (bicyclic) bond motifs is 1. The number of anilines is 1. The minimum Gasteiger partial charge on any atom is -0.479 e. The van der Waals surface area contributed by atoms with Gasteiger partial charge in [-0.3, -0.25) is 14.5 Å². The van der Waals surface area contributed by atoms with E-state index < -0.39 is 0 Å². The standard InChI is InChI=1S/C16H14N2O3/c17-9-10-21-12-7-5-11(6-8-12)18-15(19)13-3-1-2-4-14(13)16(18)20/h1-2,5-8,13-14H,3-4,10H2. The molecule has 106 valence electrons. The number of hydrogen-bond acceptors (Lipinski definition) is 4. The zero-order valence-electron chi connectivity index (χ0n) is 11.4. The second-order valence-corrected chi connectivity index (χ2v) is 5.11. The van der Waals surface area contributed by atoms with Crippen molar-refractivity contribution in [3.05, 3.63) is 36.4 Å². The van der Waals surface area contributed by atoms with Crippen LogP contribution in [0.25, 0.3) is 0 Å². The summed E-state index contributed by atoms with van der Waals surface area (Å²) in [5.41, 5.74) is 0.559. The second kappa shape index (κ2) is 5.41. The zero-order valence-corrected chi connectivity index (χ0v) is 11.4. The second-order valence-electron chi connectivity index (χ2n) is 5.11. The van der Waals surface area contributed by atoms with E-state index in [0.29, 0.717) is 24.3 Å². The third kappa shape index (κ3) is 2.29. The van der Waals surface area contributed by atoms with E-state index in [-0.39, 0.29) is 30.3 Å². The van der Waals surface area contributed by atoms with Crippen LogP contribution in [0.4, 0.5) is 5.69 Å². The number of rotatable bonds is 3. The maximum absolute atomic E-state index is 12.4. The van der Waals surface area contributed by atoms with Crippen LogP contribution in [0.1, 0.15) is 12.8 Å². The SMILES string of the molecule is N#CCOc1ccc(N2C(=O)C3CC=CCC3C2=O)cc1. The molecule has 1 fully saturated rings. The van der Waals surface area contributed by atoms with Crippen LogP contribution in [0.15, 0.2) is 36.4 Å². The molecule has 2 aliphatic rings. The van der Waals surface area contributed by atoms with Crippen LogP contribution in [-0.2, 0) is 9.59 Å². The summed E-state index contributed by atoms with van der Waals surface area (Å²) in [4.78, 5) is 26.1. The number of hydrogen-bond donors (Lipinski definition) is 0. The van der Waals surface area contributed by atoms with Gasteiger partial charge in [0.1, 0.15) is 11.8 Å². The lowest BCUT2D eigenvalue weighted by Crippen LogP contribution is -2.30. The molecule has 2 unspecified atom stereocenters. The van der Waals surface area contributed by atoms with Gasteiger partial charge in [-0.25, -0.2) is 0 Å². The molecule has 3 rings (SSSR count). The number of carbonyl (C=O) groups is 2. The normalized spacial score (nSPS) is 23.9. The van der Waals surface area contributed by atoms with E-state index in [4.69, 9.17) is 10.00 Å². The van der Waals surface area contributed by atoms with Gasteiger partial charge >= 0.3 is 0 Å². The number of nitrogens with zero attached hydrogens (tertiary/aromatic N) is 2. The summed E-state index contributed by atoms with van der Waals surface area (Å²) in [6, 6.07) is 8.55. The van der Waals surface area contributed by atoms with Crippen molar-refractivity contribution in [2.24, 2.45) is 11.8 Å². The van der Waals surface area contributed by atoms with Crippen LogP contribution in [0.5, 0.6) is 5.75 Å². The smallest absolute Gasteiger partial charge is 0.238 e. The predicted molar refractivity (Wildman–Crippen MR) is 75.4 cm³/mol. The summed E-state index contributed by atoms with van der Waals surface area (Å²) in [5.74, 6) is -0.160. The summed E-state index contributed by atoms with van der Waals surface area (Å²) in [7, 11) is 0. The van der Waals surface area contributed by atoms with Gasteiger partial charge in [0.25, 0.3) is 0 Å². The molecule has 0 spiro atoms. The first-order chi connectivity index (χ1) is 10.2. The third-order valence-corrected chi connectivity index (χ3v) is 3.91. The Bertz CT molecular complexity index is 616. The molecule has 21 heavy (non-hydrogen) atoms. The van der Waals surface area contributed by atoms with Crippen molar-refractivity contribution in [1.29, 1.82) is 5.26 Å². The molecule has 0 aromatic heterocycles. The Morgan fingerprint density at radius 1 is 1.10 bits per heavy atom. The van der Waals surface area contributed by atoms with Gasteiger partial charge in [-0.1, -0.05) is 12.2 Å². The highest BCUT2D eigenvalue weighted by Crippen LogP contribution is 2.37. The number of imide groups is 1. The molecule has 0 radical (unpaired) electrons. The molecule has 1 saturated heterocycles. The number of ether oxygens (including phenoxy) is 1. The third-order valence-electron chi connectivity index (χ3n) is 3.91. The molecule has 0 N–H and O–H groups in total. The van der Waals surface area contributed by atoms with Crippen LogP contribution < -0.4 is 9.64 Å². The Morgan fingerprint density at radius 2 is 1.67 bits per heavy atom. The zero-order chi connectivity index (χ0) is 14.8. The van der Waals surface area contributed by atoms with Crippen LogP contribution in [0.2, 0.25) is 0 Å². The largest absolute Gasteiger partial charge is 0.479 e. The van der Waals surface area contributed by atoms with Gasteiger partial charge in [0.15, 0.2) is 6.61 Å². The maximum Gasteiger partial charge on any atom is 0.238 e. The Balaban J connectivity index is 1.82. The predicted octanol–water partition coefficient (Wildman–Crippen LogP) is 2.04. The summed E-state index contributed by atoms with van der Waals surface area (Å²) < 4.78 is 5.16. The molecule has 2 atom stereocenters. The van der Waals surface area contributed by atoms with E-state index in [1.165, 1.54) is 4.90 Å². The Morgan fingerprint density at radius 3 is 2.19 bits per heavy atom. The fraction of sp³-hybridized carbons (Fsp3) is 0.312. The molecule has 0 bridgehead atoms. The summed E-state index contributed by atoms with van der Waals surface area (Å²) in [6.07, 6.45) is 5.20. The molecule has 0 saturated carbocycles. The van der Waals surface area contributed by atoms with E-state index in [0.717, 1.165) is 0 Å². The fourth-order valence-electron chi connectivity index (χ4n) is 2.86. The first-order valence-electron chi connectivity index (χ1n) is 6.85. The molecule has 1 heterocycles. The van der Waals surface area contributed by atoms with Crippen molar-refractivity contribution in [3.63, 3.8) is 0 Å². The maximum atomic E-state index is 12.4. The molecule has 1 aliphatic carbocycles. The van der Waals surface area contributed by atoms with Gasteiger partial charge in [0.2, 0.25) is 11.8 Å². The van der Waals surface area contributed by atoms with Crippen molar-refractivity contribution >= 4 is 17.5 Å². The average Bonchev–Trinajstić information content (AvgIpc) is 2.78. The Kier molecular flexibility index (Phi) is 3.44. The first-order valence-corrected chi connectivity index (χ1v) is 6.85. The van der Waals surface area contributed by atoms with E-state index in [9.17, 15) is 9.59 Å². The summed E-state index contributed by atoms with van der Waals surface area (Å²) in [5, 5.41) is 8.46. The highest BCUT2D eigenvalue weighted by atomic mass is 16.5. The van der Waals surface area contributed by atoms with Crippen LogP contribution in [0, 0.1) is 23.2 Å². The van der Waals surface area contributed by atoms with Crippen LogP contribution >= 0.6 is 0 Å². The molecule has 1 aromatic carbocycles. The molecule has 5 heteroatoms. The van der Waals surface area contributed by atoms with E-state index in [2.05, 4.69) is 0 Å². The van der Waals surface area contributed by atoms with E-state index >= 15 is 0 Å². The number of nitriles is 1. The minimum atomic E-state index is -0.225. The number of carbonyl (C=O) groups excluding carboxylic acids is 2. The van der Waals surface area contributed by atoms with Crippen molar-refractivity contribution in [2.45, 2.75) is 12.8 Å². The highest BCUT2D eigenvalue weighted by molar-refractivity contribution is 6.22. The quantitative estimate of drug-likeness (QED) is 0.628. The number of benzene rings is 1. The van der Waals surface area contributed by atoms with Crippen molar-refractivity contribution < 1.29 is 14.3 Å². The van der Waals surface area contributed by atoms with E-state index in [1.54, 1.807) is 24.3 Å². The number of amides is 2. The highest BCUT2D eigenvalue weighted by Gasteiger charge is 2.47. The molecule has 2 amide bonds. The molecule has 5 nitrogen and oxygen atoms in total. The number of allylic oxidation sites excluding steroid dienone is 2. The van der Waals surface area contributed by atoms with Gasteiger partial charge in [0, 0.05) is 0 Å². The van der Waals surface area contributed by atoms with E-state index in [1.807, 2.05) is 18.2 Å². The molecular formula is C16H14N2O3. The van der Waals surface area contributed by atoms with Gasteiger partial charge in [0.05, 0.1) is 17.5 Å². The Hall–Kier alpha value is -2.61. The molecular weight excluding hydrogens is 268 g/mol. The minimum absolute atomic E-state index is 0.0310. The lowest BCUT2D eigenvalue weighted by molar-refractivity contribution is -0.122. The van der Waals surface area contributed by atoms with Gasteiger partial charge in [-0.05, 0) is 37.1 Å². The van der Waals surface area contributed by atoms with Crippen molar-refractivity contribution in [3.8, 4) is 11.8 Å². The fourth-order valence-corrected chi connectivity index (χ4v) is 2.86. The summed E-state index contributed by atoms with van der Waals surface area (Å²) in [6.45, 7) is -0.0310. The van der Waals surface area contributed by atoms with Crippen LogP contribution in [-0.4, -0.2) is 18.4 Å². The Labute approximate surface area is 122 Å². The first kappa shape index (κ1) is 13.4. The van der Waals surface area contributed by atoms with Gasteiger partial charge in [-0.2, -0.15) is 5.26 Å². The lowest BCUT2D eigenvalue weighted by atomic mass is 9.85. The topological polar surface area (TPSA) is 70.4 Å². The van der Waals surface area contributed by atoms with Gasteiger partial charge < -0.3 is 4.74 Å². The molecule has 1 aliphatic heterocycles. The lowest BCUT2D eigenvalue weighted by Gasteiger charge is -2.15. The van der Waals surface area contributed by atoms with Crippen molar-refractivity contribution in [1.82, 2.24) is 0 Å². The monoisotopic (exact) mass is 282 g/mol. The van der Waals surface area contributed by atoms with Gasteiger partial charge in [-0.15, -0.1) is 0 Å². The summed E-state index contributed by atoms with van der Waals surface area (Å²) >= 11 is 0. The average molecular weight is 282 g/mol. The van der Waals surface area contributed by atoms with Crippen LogP contribution in [0.3, 0.4) is 0 Å². The molecule has 1 aromatic rings. The van der Waals surface area contributed by atoms with Crippen molar-refractivity contribution in [2.75, 3.05) is 11.5 Å².